The Morgan fingerprint density at radius 3 is 2.73 bits per heavy atom. The molecule has 4 nitrogen and oxygen atoms in total. The SMILES string of the molecule is CN(CC1CC(O)C1)c1nccnc1Cl. The van der Waals surface area contributed by atoms with Gasteiger partial charge in [0.05, 0.1) is 6.10 Å². The van der Waals surface area contributed by atoms with Crippen LogP contribution < -0.4 is 4.90 Å². The Balaban J connectivity index is 1.96. The van der Waals surface area contributed by atoms with E-state index in [9.17, 15) is 5.11 Å². The molecule has 1 aliphatic carbocycles. The highest BCUT2D eigenvalue weighted by molar-refractivity contribution is 6.31. The lowest BCUT2D eigenvalue weighted by molar-refractivity contribution is 0.0464. The molecule has 1 aromatic rings. The molecule has 0 spiro atoms. The summed E-state index contributed by atoms with van der Waals surface area (Å²) in [5.74, 6) is 1.25. The first kappa shape index (κ1) is 10.6. The molecule has 0 saturated heterocycles. The second-order valence-corrected chi connectivity index (χ2v) is 4.40. The third-order valence-corrected chi connectivity index (χ3v) is 3.01. The van der Waals surface area contributed by atoms with Crippen LogP contribution in [0.1, 0.15) is 12.8 Å². The molecule has 1 fully saturated rings. The first-order chi connectivity index (χ1) is 7.16. The van der Waals surface area contributed by atoms with Gasteiger partial charge in [0.2, 0.25) is 0 Å². The zero-order valence-corrected chi connectivity index (χ0v) is 9.35. The fraction of sp³-hybridized carbons (Fsp3) is 0.600. The van der Waals surface area contributed by atoms with Gasteiger partial charge < -0.3 is 10.0 Å². The van der Waals surface area contributed by atoms with Crippen molar-refractivity contribution in [2.45, 2.75) is 18.9 Å². The molecule has 5 heteroatoms. The molecular weight excluding hydrogens is 214 g/mol. The van der Waals surface area contributed by atoms with E-state index in [4.69, 9.17) is 11.6 Å². The zero-order chi connectivity index (χ0) is 10.8. The number of anilines is 1. The third kappa shape index (κ3) is 2.38. The molecule has 15 heavy (non-hydrogen) atoms. The number of aliphatic hydroxyl groups is 1. The lowest BCUT2D eigenvalue weighted by Gasteiger charge is -2.34. The van der Waals surface area contributed by atoms with Gasteiger partial charge in [0.25, 0.3) is 0 Å². The molecule has 1 heterocycles. The molecule has 1 aliphatic rings. The van der Waals surface area contributed by atoms with E-state index in [-0.39, 0.29) is 6.10 Å². The van der Waals surface area contributed by atoms with Gasteiger partial charge in [0.1, 0.15) is 0 Å². The molecule has 0 aromatic carbocycles. The van der Waals surface area contributed by atoms with Crippen LogP contribution in [0.4, 0.5) is 5.82 Å². The summed E-state index contributed by atoms with van der Waals surface area (Å²) < 4.78 is 0. The van der Waals surface area contributed by atoms with Crippen molar-refractivity contribution in [3.63, 3.8) is 0 Å². The molecule has 1 saturated carbocycles. The van der Waals surface area contributed by atoms with Gasteiger partial charge in [-0.3, -0.25) is 0 Å². The fourth-order valence-electron chi connectivity index (χ4n) is 1.89. The quantitative estimate of drug-likeness (QED) is 0.847. The predicted molar refractivity (Wildman–Crippen MR) is 59.0 cm³/mol. The van der Waals surface area contributed by atoms with Gasteiger partial charge in [0, 0.05) is 26.0 Å². The topological polar surface area (TPSA) is 49.2 Å². The van der Waals surface area contributed by atoms with E-state index in [1.807, 2.05) is 11.9 Å². The van der Waals surface area contributed by atoms with Crippen molar-refractivity contribution < 1.29 is 5.11 Å². The third-order valence-electron chi connectivity index (χ3n) is 2.74. The summed E-state index contributed by atoms with van der Waals surface area (Å²) in [6, 6.07) is 0. The summed E-state index contributed by atoms with van der Waals surface area (Å²) in [5, 5.41) is 9.61. The van der Waals surface area contributed by atoms with Crippen molar-refractivity contribution in [1.29, 1.82) is 0 Å². The van der Waals surface area contributed by atoms with Crippen LogP contribution in [0.5, 0.6) is 0 Å². The van der Waals surface area contributed by atoms with Gasteiger partial charge in [-0.25, -0.2) is 9.97 Å². The molecule has 1 N–H and O–H groups in total. The van der Waals surface area contributed by atoms with Crippen LogP contribution in [-0.2, 0) is 0 Å². The van der Waals surface area contributed by atoms with Crippen molar-refractivity contribution >= 4 is 17.4 Å². The maximum atomic E-state index is 9.18. The second kappa shape index (κ2) is 4.33. The number of hydrogen-bond donors (Lipinski definition) is 1. The predicted octanol–water partition coefficient (Wildman–Crippen LogP) is 1.34. The summed E-state index contributed by atoms with van der Waals surface area (Å²) in [4.78, 5) is 10.1. The van der Waals surface area contributed by atoms with E-state index in [0.29, 0.717) is 16.9 Å². The van der Waals surface area contributed by atoms with Crippen LogP contribution in [0.15, 0.2) is 12.4 Å². The molecule has 0 radical (unpaired) electrons. The van der Waals surface area contributed by atoms with E-state index >= 15 is 0 Å². The lowest BCUT2D eigenvalue weighted by atomic mass is 9.82. The first-order valence-corrected chi connectivity index (χ1v) is 5.40. The van der Waals surface area contributed by atoms with Gasteiger partial charge in [-0.1, -0.05) is 11.6 Å². The lowest BCUT2D eigenvalue weighted by Crippen LogP contribution is -2.37. The van der Waals surface area contributed by atoms with Gasteiger partial charge in [-0.15, -0.1) is 0 Å². The Morgan fingerprint density at radius 1 is 1.47 bits per heavy atom. The van der Waals surface area contributed by atoms with Crippen molar-refractivity contribution in [2.75, 3.05) is 18.5 Å². The summed E-state index contributed by atoms with van der Waals surface area (Å²) in [5.41, 5.74) is 0. The minimum Gasteiger partial charge on any atom is -0.393 e. The molecular formula is C10H14ClN3O. The number of hydrogen-bond acceptors (Lipinski definition) is 4. The zero-order valence-electron chi connectivity index (χ0n) is 8.60. The molecule has 0 amide bonds. The van der Waals surface area contributed by atoms with Crippen LogP contribution in [0, 0.1) is 5.92 Å². The van der Waals surface area contributed by atoms with Crippen LogP contribution >= 0.6 is 11.6 Å². The Bertz CT molecular complexity index is 341. The summed E-state index contributed by atoms with van der Waals surface area (Å²) >= 11 is 5.93. The maximum Gasteiger partial charge on any atom is 0.171 e. The van der Waals surface area contributed by atoms with Gasteiger partial charge >= 0.3 is 0 Å². The molecule has 0 aliphatic heterocycles. The number of aromatic nitrogens is 2. The molecule has 82 valence electrons. The molecule has 1 aromatic heterocycles. The molecule has 0 bridgehead atoms. The van der Waals surface area contributed by atoms with E-state index in [2.05, 4.69) is 9.97 Å². The van der Waals surface area contributed by atoms with Crippen molar-refractivity contribution in [2.24, 2.45) is 5.92 Å². The second-order valence-electron chi connectivity index (χ2n) is 4.04. The Hall–Kier alpha value is -0.870. The minimum absolute atomic E-state index is 0.110. The average molecular weight is 228 g/mol. The normalized spacial score (nSPS) is 24.7. The summed E-state index contributed by atoms with van der Waals surface area (Å²) in [6.45, 7) is 0.871. The smallest absolute Gasteiger partial charge is 0.171 e. The highest BCUT2D eigenvalue weighted by atomic mass is 35.5. The van der Waals surface area contributed by atoms with Gasteiger partial charge in [-0.05, 0) is 18.8 Å². The van der Waals surface area contributed by atoms with Gasteiger partial charge in [0.15, 0.2) is 11.0 Å². The average Bonchev–Trinajstić information content (AvgIpc) is 2.16. The fourth-order valence-corrected chi connectivity index (χ4v) is 2.14. The van der Waals surface area contributed by atoms with E-state index in [1.54, 1.807) is 12.4 Å². The van der Waals surface area contributed by atoms with Crippen molar-refractivity contribution in [1.82, 2.24) is 9.97 Å². The highest BCUT2D eigenvalue weighted by Gasteiger charge is 2.28. The maximum absolute atomic E-state index is 9.18. The van der Waals surface area contributed by atoms with Crippen LogP contribution in [-0.4, -0.2) is 34.8 Å². The Morgan fingerprint density at radius 2 is 2.13 bits per heavy atom. The van der Waals surface area contributed by atoms with Crippen LogP contribution in [0.2, 0.25) is 5.15 Å². The minimum atomic E-state index is -0.110. The summed E-state index contributed by atoms with van der Waals surface area (Å²) in [7, 11) is 1.95. The monoisotopic (exact) mass is 227 g/mol. The number of aliphatic hydroxyl groups excluding tert-OH is 1. The van der Waals surface area contributed by atoms with E-state index < -0.39 is 0 Å². The Kier molecular flexibility index (Phi) is 3.07. The number of nitrogens with zero attached hydrogens (tertiary/aromatic N) is 3. The first-order valence-electron chi connectivity index (χ1n) is 5.02. The molecule has 2 rings (SSSR count). The molecule has 0 atom stereocenters. The van der Waals surface area contributed by atoms with Gasteiger partial charge in [-0.2, -0.15) is 0 Å². The van der Waals surface area contributed by atoms with Crippen molar-refractivity contribution in [3.05, 3.63) is 17.5 Å². The number of rotatable bonds is 3. The van der Waals surface area contributed by atoms with E-state index in [0.717, 1.165) is 19.4 Å². The standard InChI is InChI=1S/C10H14ClN3O/c1-14(6-7-4-8(15)5-7)10-9(11)12-2-3-13-10/h2-3,7-8,15H,4-6H2,1H3. The number of halogens is 1. The van der Waals surface area contributed by atoms with E-state index in [1.165, 1.54) is 0 Å². The largest absolute Gasteiger partial charge is 0.393 e. The van der Waals surface area contributed by atoms with Crippen LogP contribution in [0.3, 0.4) is 0 Å². The Labute approximate surface area is 93.9 Å². The summed E-state index contributed by atoms with van der Waals surface area (Å²) in [6.07, 6.45) is 4.85. The van der Waals surface area contributed by atoms with Crippen LogP contribution in [0.25, 0.3) is 0 Å². The van der Waals surface area contributed by atoms with Crippen molar-refractivity contribution in [3.8, 4) is 0 Å². The highest BCUT2D eigenvalue weighted by Crippen LogP contribution is 2.29. The molecule has 0 unspecified atom stereocenters.